The third-order valence-electron chi connectivity index (χ3n) is 4.74. The van der Waals surface area contributed by atoms with Crippen LogP contribution in [-0.2, 0) is 10.0 Å². The molecule has 5 nitrogen and oxygen atoms in total. The van der Waals surface area contributed by atoms with E-state index in [0.29, 0.717) is 29.8 Å². The second-order valence-corrected chi connectivity index (χ2v) is 8.81. The van der Waals surface area contributed by atoms with E-state index < -0.39 is 10.0 Å². The number of sulfonamides is 1. The van der Waals surface area contributed by atoms with Crippen LogP contribution in [0.2, 0.25) is 0 Å². The van der Waals surface area contributed by atoms with Crippen molar-refractivity contribution in [3.63, 3.8) is 0 Å². The molecule has 1 aliphatic heterocycles. The van der Waals surface area contributed by atoms with Crippen LogP contribution in [0.25, 0.3) is 0 Å². The van der Waals surface area contributed by atoms with Gasteiger partial charge in [-0.05, 0) is 74.2 Å². The number of hydrogen-bond donors (Lipinski definition) is 1. The lowest BCUT2D eigenvalue weighted by Crippen LogP contribution is -2.42. The average molecular weight is 375 g/mol. The maximum atomic E-state index is 12.8. The van der Waals surface area contributed by atoms with Crippen molar-refractivity contribution in [3.05, 3.63) is 53.6 Å². The number of aryl methyl sites for hydroxylation is 2. The molecule has 2 aromatic carbocycles. The second-order valence-electron chi connectivity index (χ2n) is 6.87. The van der Waals surface area contributed by atoms with Crippen molar-refractivity contribution in [2.24, 2.45) is 0 Å². The normalized spacial score (nSPS) is 16.4. The summed E-state index contributed by atoms with van der Waals surface area (Å²) < 4.78 is 32.3. The van der Waals surface area contributed by atoms with Gasteiger partial charge in [0.25, 0.3) is 0 Å². The summed E-state index contributed by atoms with van der Waals surface area (Å²) in [5.74, 6) is 0.653. The van der Waals surface area contributed by atoms with Crippen LogP contribution in [-0.4, -0.2) is 39.0 Å². The molecule has 0 radical (unpaired) electrons. The predicted octanol–water partition coefficient (Wildman–Crippen LogP) is 3.58. The van der Waals surface area contributed by atoms with Gasteiger partial charge in [-0.15, -0.1) is 0 Å². The predicted molar refractivity (Wildman–Crippen MR) is 104 cm³/mol. The first-order chi connectivity index (χ1) is 12.4. The minimum Gasteiger partial charge on any atom is -0.497 e. The van der Waals surface area contributed by atoms with Crippen molar-refractivity contribution in [1.82, 2.24) is 4.31 Å². The lowest BCUT2D eigenvalue weighted by atomic mass is 10.1. The van der Waals surface area contributed by atoms with E-state index in [9.17, 15) is 8.42 Å². The van der Waals surface area contributed by atoms with Gasteiger partial charge in [0.1, 0.15) is 5.75 Å². The van der Waals surface area contributed by atoms with Crippen LogP contribution in [0.3, 0.4) is 0 Å². The summed E-state index contributed by atoms with van der Waals surface area (Å²) >= 11 is 0. The van der Waals surface area contributed by atoms with E-state index in [4.69, 9.17) is 4.74 Å². The fourth-order valence-corrected chi connectivity index (χ4v) is 4.90. The van der Waals surface area contributed by atoms with E-state index >= 15 is 0 Å². The first kappa shape index (κ1) is 18.7. The van der Waals surface area contributed by atoms with E-state index in [1.165, 1.54) is 11.1 Å². The van der Waals surface area contributed by atoms with Gasteiger partial charge in [0, 0.05) is 24.8 Å². The zero-order valence-corrected chi connectivity index (χ0v) is 16.3. The highest BCUT2D eigenvalue weighted by atomic mass is 32.2. The number of anilines is 1. The summed E-state index contributed by atoms with van der Waals surface area (Å²) in [7, 11) is -1.88. The number of piperidine rings is 1. The SMILES string of the molecule is COc1ccc(S(=O)(=O)N2CCC(Nc3cc(C)cc(C)c3)CC2)cc1. The van der Waals surface area contributed by atoms with Gasteiger partial charge < -0.3 is 10.1 Å². The Morgan fingerprint density at radius 3 is 2.12 bits per heavy atom. The summed E-state index contributed by atoms with van der Waals surface area (Å²) in [5, 5.41) is 3.55. The molecule has 6 heteroatoms. The standard InChI is InChI=1S/C20H26N2O3S/c1-15-12-16(2)14-18(13-15)21-17-8-10-22(11-9-17)26(23,24)20-6-4-19(25-3)5-7-20/h4-7,12-14,17,21H,8-11H2,1-3H3. The Kier molecular flexibility index (Phi) is 5.53. The lowest BCUT2D eigenvalue weighted by molar-refractivity contribution is 0.329. The van der Waals surface area contributed by atoms with Crippen molar-refractivity contribution < 1.29 is 13.2 Å². The van der Waals surface area contributed by atoms with Gasteiger partial charge in [0.05, 0.1) is 12.0 Å². The van der Waals surface area contributed by atoms with Crippen molar-refractivity contribution in [2.45, 2.75) is 37.6 Å². The zero-order chi connectivity index (χ0) is 18.7. The Balaban J connectivity index is 1.63. The maximum Gasteiger partial charge on any atom is 0.243 e. The molecule has 1 saturated heterocycles. The molecule has 1 heterocycles. The van der Waals surface area contributed by atoms with Crippen LogP contribution in [0.1, 0.15) is 24.0 Å². The number of benzene rings is 2. The first-order valence-electron chi connectivity index (χ1n) is 8.87. The van der Waals surface area contributed by atoms with Crippen LogP contribution in [0.4, 0.5) is 5.69 Å². The second kappa shape index (κ2) is 7.68. The molecule has 0 saturated carbocycles. The molecule has 0 aromatic heterocycles. The third-order valence-corrected chi connectivity index (χ3v) is 6.66. The Labute approximate surface area is 156 Å². The molecular weight excluding hydrogens is 348 g/mol. The number of hydrogen-bond acceptors (Lipinski definition) is 4. The third kappa shape index (κ3) is 4.19. The number of nitrogens with zero attached hydrogens (tertiary/aromatic N) is 1. The molecule has 26 heavy (non-hydrogen) atoms. The molecule has 3 rings (SSSR count). The molecule has 0 amide bonds. The number of rotatable bonds is 5. The highest BCUT2D eigenvalue weighted by Crippen LogP contribution is 2.24. The molecule has 0 unspecified atom stereocenters. The number of ether oxygens (including phenoxy) is 1. The Bertz CT molecular complexity index is 835. The van der Waals surface area contributed by atoms with E-state index in [-0.39, 0.29) is 0 Å². The Morgan fingerprint density at radius 1 is 1.00 bits per heavy atom. The Morgan fingerprint density at radius 2 is 1.58 bits per heavy atom. The van der Waals surface area contributed by atoms with Gasteiger partial charge >= 0.3 is 0 Å². The fraction of sp³-hybridized carbons (Fsp3) is 0.400. The van der Waals surface area contributed by atoms with Crippen LogP contribution in [0, 0.1) is 13.8 Å². The van der Waals surface area contributed by atoms with Crippen molar-refractivity contribution >= 4 is 15.7 Å². The molecule has 2 aromatic rings. The van der Waals surface area contributed by atoms with Crippen LogP contribution in [0.5, 0.6) is 5.75 Å². The lowest BCUT2D eigenvalue weighted by Gasteiger charge is -2.32. The van der Waals surface area contributed by atoms with Gasteiger partial charge in [-0.25, -0.2) is 8.42 Å². The van der Waals surface area contributed by atoms with Crippen LogP contribution < -0.4 is 10.1 Å². The molecule has 0 bridgehead atoms. The number of methoxy groups -OCH3 is 1. The minimum absolute atomic E-state index is 0.290. The monoisotopic (exact) mass is 374 g/mol. The first-order valence-corrected chi connectivity index (χ1v) is 10.3. The maximum absolute atomic E-state index is 12.8. The van der Waals surface area contributed by atoms with E-state index in [0.717, 1.165) is 18.5 Å². The summed E-state index contributed by atoms with van der Waals surface area (Å²) in [4.78, 5) is 0.319. The molecule has 140 valence electrons. The van der Waals surface area contributed by atoms with Crippen LogP contribution in [0.15, 0.2) is 47.4 Å². The smallest absolute Gasteiger partial charge is 0.243 e. The molecule has 0 spiro atoms. The van der Waals surface area contributed by atoms with Gasteiger partial charge in [-0.2, -0.15) is 4.31 Å². The Hall–Kier alpha value is -2.05. The van der Waals surface area contributed by atoms with Gasteiger partial charge in [-0.1, -0.05) is 6.07 Å². The largest absolute Gasteiger partial charge is 0.497 e. The van der Waals surface area contributed by atoms with Gasteiger partial charge in [0.2, 0.25) is 10.0 Å². The van der Waals surface area contributed by atoms with Crippen molar-refractivity contribution in [3.8, 4) is 5.75 Å². The topological polar surface area (TPSA) is 58.6 Å². The fourth-order valence-electron chi connectivity index (χ4n) is 3.43. The van der Waals surface area contributed by atoms with E-state index in [1.54, 1.807) is 35.7 Å². The minimum atomic E-state index is -3.45. The summed E-state index contributed by atoms with van der Waals surface area (Å²) in [5.41, 5.74) is 3.57. The summed E-state index contributed by atoms with van der Waals surface area (Å²) in [6, 6.07) is 13.3. The quantitative estimate of drug-likeness (QED) is 0.869. The summed E-state index contributed by atoms with van der Waals surface area (Å²) in [6.45, 7) is 5.22. The molecule has 0 aliphatic carbocycles. The van der Waals surface area contributed by atoms with Crippen LogP contribution >= 0.6 is 0 Å². The van der Waals surface area contributed by atoms with E-state index in [1.807, 2.05) is 0 Å². The van der Waals surface area contributed by atoms with Gasteiger partial charge in [-0.3, -0.25) is 0 Å². The van der Waals surface area contributed by atoms with Crippen molar-refractivity contribution in [2.75, 3.05) is 25.5 Å². The molecular formula is C20H26N2O3S. The molecule has 0 atom stereocenters. The highest BCUT2D eigenvalue weighted by Gasteiger charge is 2.29. The summed E-state index contributed by atoms with van der Waals surface area (Å²) in [6.07, 6.45) is 1.59. The molecule has 1 fully saturated rings. The van der Waals surface area contributed by atoms with E-state index in [2.05, 4.69) is 37.4 Å². The molecule has 1 N–H and O–H groups in total. The van der Waals surface area contributed by atoms with Crippen molar-refractivity contribution in [1.29, 1.82) is 0 Å². The number of nitrogens with one attached hydrogen (secondary N) is 1. The van der Waals surface area contributed by atoms with Gasteiger partial charge in [0.15, 0.2) is 0 Å². The highest BCUT2D eigenvalue weighted by molar-refractivity contribution is 7.89. The molecule has 1 aliphatic rings. The average Bonchev–Trinajstić information content (AvgIpc) is 2.61. The zero-order valence-electron chi connectivity index (χ0n) is 15.5.